The van der Waals surface area contributed by atoms with Crippen LogP contribution in [-0.2, 0) is 16.6 Å². The lowest BCUT2D eigenvalue weighted by Gasteiger charge is -2.14. The van der Waals surface area contributed by atoms with Gasteiger partial charge in [0.25, 0.3) is 0 Å². The zero-order valence-corrected chi connectivity index (χ0v) is 12.7. The Balaban J connectivity index is 3.01. The third-order valence-corrected chi connectivity index (χ3v) is 4.55. The van der Waals surface area contributed by atoms with Crippen LogP contribution in [0.1, 0.15) is 16.7 Å². The van der Waals surface area contributed by atoms with Crippen molar-refractivity contribution >= 4 is 10.0 Å². The molecule has 1 aromatic carbocycles. The fraction of sp³-hybridized carbons (Fsp3) is 0.538. The van der Waals surface area contributed by atoms with E-state index in [2.05, 4.69) is 4.72 Å². The standard InChI is InChI=1S/C13H22N2O3S/c1-10-7-11(2)13(8-12(10)9-16)19(17,18)14-5-6-15(3)4/h7-8,14,16H,5-6,9H2,1-4H3. The maximum Gasteiger partial charge on any atom is 0.240 e. The van der Waals surface area contributed by atoms with E-state index in [-0.39, 0.29) is 11.5 Å². The molecule has 1 aromatic rings. The van der Waals surface area contributed by atoms with Gasteiger partial charge in [-0.15, -0.1) is 0 Å². The van der Waals surface area contributed by atoms with Crippen LogP contribution in [0.4, 0.5) is 0 Å². The predicted octanol–water partition coefficient (Wildman–Crippen LogP) is 0.636. The summed E-state index contributed by atoms with van der Waals surface area (Å²) in [5, 5.41) is 9.23. The molecule has 1 rings (SSSR count). The lowest BCUT2D eigenvalue weighted by atomic mass is 10.1. The van der Waals surface area contributed by atoms with Crippen LogP contribution in [-0.4, -0.2) is 45.6 Å². The summed E-state index contributed by atoms with van der Waals surface area (Å²) in [5.41, 5.74) is 2.22. The van der Waals surface area contributed by atoms with Crippen molar-refractivity contribution in [3.05, 3.63) is 28.8 Å². The SMILES string of the molecule is Cc1cc(C)c(S(=O)(=O)NCCN(C)C)cc1CO. The molecule has 0 amide bonds. The lowest BCUT2D eigenvalue weighted by Crippen LogP contribution is -2.31. The summed E-state index contributed by atoms with van der Waals surface area (Å²) >= 11 is 0. The van der Waals surface area contributed by atoms with Gasteiger partial charge in [0.05, 0.1) is 11.5 Å². The van der Waals surface area contributed by atoms with Gasteiger partial charge in [0, 0.05) is 13.1 Å². The van der Waals surface area contributed by atoms with Gasteiger partial charge < -0.3 is 10.0 Å². The van der Waals surface area contributed by atoms with Gasteiger partial charge in [0.2, 0.25) is 10.0 Å². The first-order valence-electron chi connectivity index (χ1n) is 6.13. The number of hydrogen-bond donors (Lipinski definition) is 2. The van der Waals surface area contributed by atoms with Gasteiger partial charge in [-0.2, -0.15) is 0 Å². The number of nitrogens with zero attached hydrogens (tertiary/aromatic N) is 1. The van der Waals surface area contributed by atoms with E-state index >= 15 is 0 Å². The predicted molar refractivity (Wildman–Crippen MR) is 75.6 cm³/mol. The number of sulfonamides is 1. The van der Waals surface area contributed by atoms with Crippen molar-refractivity contribution in [1.29, 1.82) is 0 Å². The third kappa shape index (κ3) is 4.28. The molecule has 0 saturated carbocycles. The Morgan fingerprint density at radius 1 is 1.21 bits per heavy atom. The normalized spacial score (nSPS) is 12.1. The van der Waals surface area contributed by atoms with Crippen molar-refractivity contribution in [1.82, 2.24) is 9.62 Å². The van der Waals surface area contributed by atoms with Gasteiger partial charge in [0.1, 0.15) is 0 Å². The van der Waals surface area contributed by atoms with Crippen molar-refractivity contribution in [2.24, 2.45) is 0 Å². The second-order valence-electron chi connectivity index (χ2n) is 4.90. The number of aryl methyl sites for hydroxylation is 2. The highest BCUT2D eigenvalue weighted by Crippen LogP contribution is 2.20. The molecule has 0 radical (unpaired) electrons. The van der Waals surface area contributed by atoms with Crippen LogP contribution in [0.25, 0.3) is 0 Å². The summed E-state index contributed by atoms with van der Waals surface area (Å²) in [5.74, 6) is 0. The van der Waals surface area contributed by atoms with Crippen molar-refractivity contribution in [3.63, 3.8) is 0 Å². The van der Waals surface area contributed by atoms with Gasteiger partial charge in [-0.25, -0.2) is 13.1 Å². The number of aliphatic hydroxyl groups excluding tert-OH is 1. The van der Waals surface area contributed by atoms with E-state index < -0.39 is 10.0 Å². The first kappa shape index (κ1) is 16.1. The number of benzene rings is 1. The highest BCUT2D eigenvalue weighted by molar-refractivity contribution is 7.89. The Bertz CT molecular complexity index is 539. The molecular formula is C13H22N2O3S. The van der Waals surface area contributed by atoms with Gasteiger partial charge >= 0.3 is 0 Å². The van der Waals surface area contributed by atoms with Crippen molar-refractivity contribution in [3.8, 4) is 0 Å². The second-order valence-corrected chi connectivity index (χ2v) is 6.64. The van der Waals surface area contributed by atoms with Crippen LogP contribution in [0.15, 0.2) is 17.0 Å². The minimum atomic E-state index is -3.52. The summed E-state index contributed by atoms with van der Waals surface area (Å²) < 4.78 is 27.0. The number of aliphatic hydroxyl groups is 1. The molecule has 0 bridgehead atoms. The van der Waals surface area contributed by atoms with E-state index in [0.717, 1.165) is 5.56 Å². The van der Waals surface area contributed by atoms with Crippen molar-refractivity contribution in [2.75, 3.05) is 27.2 Å². The lowest BCUT2D eigenvalue weighted by molar-refractivity contribution is 0.280. The van der Waals surface area contributed by atoms with Gasteiger partial charge in [-0.3, -0.25) is 0 Å². The number of hydrogen-bond acceptors (Lipinski definition) is 4. The molecule has 5 nitrogen and oxygen atoms in total. The zero-order valence-electron chi connectivity index (χ0n) is 11.9. The van der Waals surface area contributed by atoms with Crippen molar-refractivity contribution in [2.45, 2.75) is 25.3 Å². The average molecular weight is 286 g/mol. The molecule has 0 spiro atoms. The molecule has 0 saturated heterocycles. The van der Waals surface area contributed by atoms with Crippen LogP contribution in [0, 0.1) is 13.8 Å². The minimum Gasteiger partial charge on any atom is -0.392 e. The van der Waals surface area contributed by atoms with Crippen LogP contribution >= 0.6 is 0 Å². The molecule has 0 aliphatic rings. The van der Waals surface area contributed by atoms with Crippen LogP contribution in [0.3, 0.4) is 0 Å². The Morgan fingerprint density at radius 2 is 1.84 bits per heavy atom. The largest absolute Gasteiger partial charge is 0.392 e. The molecule has 108 valence electrons. The summed E-state index contributed by atoms with van der Waals surface area (Å²) in [7, 11) is 0.245. The molecule has 0 heterocycles. The minimum absolute atomic E-state index is 0.160. The van der Waals surface area contributed by atoms with Crippen LogP contribution in [0.2, 0.25) is 0 Å². The highest BCUT2D eigenvalue weighted by atomic mass is 32.2. The fourth-order valence-electron chi connectivity index (χ4n) is 1.82. The first-order valence-corrected chi connectivity index (χ1v) is 7.61. The number of likely N-dealkylation sites (N-methyl/N-ethyl adjacent to an activating group) is 1. The van der Waals surface area contributed by atoms with Crippen LogP contribution in [0.5, 0.6) is 0 Å². The number of nitrogens with one attached hydrogen (secondary N) is 1. The molecule has 0 aliphatic heterocycles. The Labute approximate surface area is 115 Å². The second kappa shape index (κ2) is 6.47. The Kier molecular flexibility index (Phi) is 5.49. The molecule has 19 heavy (non-hydrogen) atoms. The van der Waals surface area contributed by atoms with E-state index in [1.807, 2.05) is 25.9 Å². The maximum atomic E-state index is 12.2. The third-order valence-electron chi connectivity index (χ3n) is 2.94. The quantitative estimate of drug-likeness (QED) is 0.805. The van der Waals surface area contributed by atoms with Crippen molar-refractivity contribution < 1.29 is 13.5 Å². The summed E-state index contributed by atoms with van der Waals surface area (Å²) in [6.07, 6.45) is 0. The van der Waals surface area contributed by atoms with E-state index in [0.29, 0.717) is 24.2 Å². The summed E-state index contributed by atoms with van der Waals surface area (Å²) in [4.78, 5) is 2.14. The van der Waals surface area contributed by atoms with Gasteiger partial charge in [0.15, 0.2) is 0 Å². The average Bonchev–Trinajstić information content (AvgIpc) is 2.27. The molecule has 2 N–H and O–H groups in total. The van der Waals surface area contributed by atoms with E-state index in [1.165, 1.54) is 0 Å². The molecule has 0 atom stereocenters. The molecule has 0 fully saturated rings. The highest BCUT2D eigenvalue weighted by Gasteiger charge is 2.17. The summed E-state index contributed by atoms with van der Waals surface area (Å²) in [6, 6.07) is 3.33. The Hall–Kier alpha value is -0.950. The number of rotatable bonds is 6. The summed E-state index contributed by atoms with van der Waals surface area (Å²) in [6.45, 7) is 4.45. The fourth-order valence-corrected chi connectivity index (χ4v) is 3.11. The molecule has 0 aliphatic carbocycles. The van der Waals surface area contributed by atoms with Crippen LogP contribution < -0.4 is 4.72 Å². The Morgan fingerprint density at radius 3 is 2.37 bits per heavy atom. The van der Waals surface area contributed by atoms with Gasteiger partial charge in [-0.1, -0.05) is 6.07 Å². The topological polar surface area (TPSA) is 69.6 Å². The smallest absolute Gasteiger partial charge is 0.240 e. The monoisotopic (exact) mass is 286 g/mol. The first-order chi connectivity index (χ1) is 8.77. The molecule has 6 heteroatoms. The molecule has 0 aromatic heterocycles. The molecule has 0 unspecified atom stereocenters. The van der Waals surface area contributed by atoms with E-state index in [4.69, 9.17) is 0 Å². The maximum absolute atomic E-state index is 12.2. The van der Waals surface area contributed by atoms with Gasteiger partial charge in [-0.05, 0) is 50.7 Å². The van der Waals surface area contributed by atoms with E-state index in [1.54, 1.807) is 19.1 Å². The van der Waals surface area contributed by atoms with E-state index in [9.17, 15) is 13.5 Å². The zero-order chi connectivity index (χ0) is 14.6. The molecular weight excluding hydrogens is 264 g/mol.